The number of carbonyl (C=O) groups excluding carboxylic acids is 1. The van der Waals surface area contributed by atoms with Gasteiger partial charge in [0.05, 0.1) is 36.2 Å². The van der Waals surface area contributed by atoms with Gasteiger partial charge in [-0.15, -0.1) is 0 Å². The van der Waals surface area contributed by atoms with Crippen LogP contribution in [-0.2, 0) is 0 Å². The molecule has 0 N–H and O–H groups in total. The fourth-order valence-electron chi connectivity index (χ4n) is 2.77. The number of halogens is 1. The molecule has 0 radical (unpaired) electrons. The number of ether oxygens (including phenoxy) is 2. The molecule has 0 fully saturated rings. The molecule has 3 rings (SSSR count). The summed E-state index contributed by atoms with van der Waals surface area (Å²) in [6, 6.07) is 14.5. The van der Waals surface area contributed by atoms with Gasteiger partial charge in [0, 0.05) is 25.5 Å². The lowest BCUT2D eigenvalue weighted by Crippen LogP contribution is -2.27. The van der Waals surface area contributed by atoms with Crippen LogP contribution in [0.2, 0.25) is 5.02 Å². The maximum absolute atomic E-state index is 13.1. The number of methoxy groups -OCH3 is 2. The van der Waals surface area contributed by atoms with E-state index in [0.717, 1.165) is 5.69 Å². The summed E-state index contributed by atoms with van der Waals surface area (Å²) in [5, 5.41) is 0.457. The molecule has 5 nitrogen and oxygen atoms in total. The predicted octanol–water partition coefficient (Wildman–Crippen LogP) is 4.42. The molecule has 1 heterocycles. The van der Waals surface area contributed by atoms with Crippen molar-refractivity contribution < 1.29 is 14.3 Å². The Bertz CT molecular complexity index is 923. The van der Waals surface area contributed by atoms with Gasteiger partial charge in [-0.1, -0.05) is 23.7 Å². The van der Waals surface area contributed by atoms with Gasteiger partial charge < -0.3 is 18.9 Å². The molecule has 1 amide bonds. The van der Waals surface area contributed by atoms with Gasteiger partial charge >= 0.3 is 0 Å². The van der Waals surface area contributed by atoms with Crippen molar-refractivity contribution in [3.05, 3.63) is 71.5 Å². The maximum Gasteiger partial charge on any atom is 0.261 e. The van der Waals surface area contributed by atoms with Crippen molar-refractivity contribution in [2.45, 2.75) is 0 Å². The molecule has 0 atom stereocenters. The number of hydrogen-bond donors (Lipinski definition) is 0. The van der Waals surface area contributed by atoms with Crippen LogP contribution in [0.1, 0.15) is 10.4 Å². The predicted molar refractivity (Wildman–Crippen MR) is 103 cm³/mol. The molecule has 6 heteroatoms. The number of benzene rings is 2. The van der Waals surface area contributed by atoms with E-state index in [1.165, 1.54) is 12.0 Å². The van der Waals surface area contributed by atoms with Crippen LogP contribution in [0.5, 0.6) is 11.5 Å². The average Bonchev–Trinajstić information content (AvgIpc) is 3.21. The molecule has 0 aliphatic heterocycles. The molecule has 0 spiro atoms. The van der Waals surface area contributed by atoms with Gasteiger partial charge in [0.1, 0.15) is 11.5 Å². The van der Waals surface area contributed by atoms with Gasteiger partial charge in [-0.3, -0.25) is 4.79 Å². The Kier molecular flexibility index (Phi) is 5.19. The summed E-state index contributed by atoms with van der Waals surface area (Å²) in [6.45, 7) is 0. The standard InChI is InChI=1S/C20H19ClN2O3/c1-22(16-8-4-5-9-18(16)25-2)20(24)14-12-15(21)17(13-19(14)26-3)23-10-6-7-11-23/h4-13H,1-3H3. The second-order valence-electron chi connectivity index (χ2n) is 5.63. The Morgan fingerprint density at radius 1 is 1.00 bits per heavy atom. The Labute approximate surface area is 157 Å². The highest BCUT2D eigenvalue weighted by molar-refractivity contribution is 6.33. The van der Waals surface area contributed by atoms with Crippen molar-refractivity contribution in [3.8, 4) is 17.2 Å². The first-order valence-corrected chi connectivity index (χ1v) is 8.36. The molecule has 0 unspecified atom stereocenters. The smallest absolute Gasteiger partial charge is 0.261 e. The number of nitrogens with zero attached hydrogens (tertiary/aromatic N) is 2. The second kappa shape index (κ2) is 7.54. The SMILES string of the molecule is COc1cc(-n2cccc2)c(Cl)cc1C(=O)N(C)c1ccccc1OC. The normalized spacial score (nSPS) is 10.5. The first kappa shape index (κ1) is 17.9. The molecule has 0 aliphatic carbocycles. The quantitative estimate of drug-likeness (QED) is 0.667. The highest BCUT2D eigenvalue weighted by Gasteiger charge is 2.22. The van der Waals surface area contributed by atoms with E-state index in [2.05, 4.69) is 0 Å². The average molecular weight is 371 g/mol. The number of hydrogen-bond acceptors (Lipinski definition) is 3. The fourth-order valence-corrected chi connectivity index (χ4v) is 3.03. The van der Waals surface area contributed by atoms with E-state index in [1.54, 1.807) is 32.4 Å². The zero-order valence-electron chi connectivity index (χ0n) is 14.8. The van der Waals surface area contributed by atoms with Crippen molar-refractivity contribution in [1.82, 2.24) is 4.57 Å². The van der Waals surface area contributed by atoms with Crippen LogP contribution in [0.3, 0.4) is 0 Å². The lowest BCUT2D eigenvalue weighted by Gasteiger charge is -2.21. The molecular weight excluding hydrogens is 352 g/mol. The third-order valence-electron chi connectivity index (χ3n) is 4.13. The Balaban J connectivity index is 2.03. The van der Waals surface area contributed by atoms with Gasteiger partial charge in [-0.25, -0.2) is 0 Å². The number of carbonyl (C=O) groups is 1. The summed E-state index contributed by atoms with van der Waals surface area (Å²) in [5.41, 5.74) is 1.78. The first-order valence-electron chi connectivity index (χ1n) is 7.98. The monoisotopic (exact) mass is 370 g/mol. The molecule has 2 aromatic carbocycles. The summed E-state index contributed by atoms with van der Waals surface area (Å²) in [7, 11) is 4.79. The molecule has 0 aliphatic rings. The minimum absolute atomic E-state index is 0.243. The van der Waals surface area contributed by atoms with Gasteiger partial charge in [-0.2, -0.15) is 0 Å². The largest absolute Gasteiger partial charge is 0.496 e. The summed E-state index contributed by atoms with van der Waals surface area (Å²) in [5.74, 6) is 0.814. The van der Waals surface area contributed by atoms with E-state index < -0.39 is 0 Å². The minimum Gasteiger partial charge on any atom is -0.496 e. The molecule has 134 valence electrons. The number of para-hydroxylation sites is 2. The minimum atomic E-state index is -0.243. The molecular formula is C20H19ClN2O3. The Morgan fingerprint density at radius 3 is 2.31 bits per heavy atom. The number of amides is 1. The van der Waals surface area contributed by atoms with E-state index >= 15 is 0 Å². The third-order valence-corrected chi connectivity index (χ3v) is 4.44. The topological polar surface area (TPSA) is 43.7 Å². The molecule has 0 saturated heterocycles. The van der Waals surface area contributed by atoms with E-state index in [-0.39, 0.29) is 5.91 Å². The molecule has 0 saturated carbocycles. The molecule has 26 heavy (non-hydrogen) atoms. The lowest BCUT2D eigenvalue weighted by atomic mass is 10.1. The van der Waals surface area contributed by atoms with Gasteiger partial charge in [0.15, 0.2) is 0 Å². The van der Waals surface area contributed by atoms with Crippen molar-refractivity contribution >= 4 is 23.2 Å². The maximum atomic E-state index is 13.1. The summed E-state index contributed by atoms with van der Waals surface area (Å²) >= 11 is 6.43. The Morgan fingerprint density at radius 2 is 1.65 bits per heavy atom. The van der Waals surface area contributed by atoms with E-state index in [1.807, 2.05) is 47.3 Å². The van der Waals surface area contributed by atoms with Crippen molar-refractivity contribution in [2.75, 3.05) is 26.2 Å². The number of anilines is 1. The van der Waals surface area contributed by atoms with E-state index in [9.17, 15) is 4.79 Å². The fraction of sp³-hybridized carbons (Fsp3) is 0.150. The van der Waals surface area contributed by atoms with Gasteiger partial charge in [0.25, 0.3) is 5.91 Å². The zero-order chi connectivity index (χ0) is 18.7. The first-order chi connectivity index (χ1) is 12.6. The van der Waals surface area contributed by atoms with Crippen LogP contribution >= 0.6 is 11.6 Å². The van der Waals surface area contributed by atoms with Crippen molar-refractivity contribution in [1.29, 1.82) is 0 Å². The second-order valence-corrected chi connectivity index (χ2v) is 6.04. The highest BCUT2D eigenvalue weighted by atomic mass is 35.5. The lowest BCUT2D eigenvalue weighted by molar-refractivity contribution is 0.0989. The summed E-state index contributed by atoms with van der Waals surface area (Å²) in [4.78, 5) is 14.6. The third kappa shape index (κ3) is 3.26. The van der Waals surface area contributed by atoms with Crippen molar-refractivity contribution in [3.63, 3.8) is 0 Å². The van der Waals surface area contributed by atoms with Gasteiger partial charge in [0.2, 0.25) is 0 Å². The Hall–Kier alpha value is -2.92. The van der Waals surface area contributed by atoms with Crippen LogP contribution in [0.25, 0.3) is 5.69 Å². The zero-order valence-corrected chi connectivity index (χ0v) is 15.5. The van der Waals surface area contributed by atoms with Crippen molar-refractivity contribution in [2.24, 2.45) is 0 Å². The number of aromatic nitrogens is 1. The van der Waals surface area contributed by atoms with Crippen LogP contribution in [0.4, 0.5) is 5.69 Å². The van der Waals surface area contributed by atoms with Crippen LogP contribution in [0.15, 0.2) is 60.9 Å². The van der Waals surface area contributed by atoms with E-state index in [0.29, 0.717) is 27.8 Å². The molecule has 0 bridgehead atoms. The van der Waals surface area contributed by atoms with Gasteiger partial charge in [-0.05, 0) is 30.3 Å². The number of rotatable bonds is 5. The van der Waals surface area contributed by atoms with Crippen LogP contribution in [0, 0.1) is 0 Å². The summed E-state index contributed by atoms with van der Waals surface area (Å²) in [6.07, 6.45) is 3.76. The van der Waals surface area contributed by atoms with E-state index in [4.69, 9.17) is 21.1 Å². The highest BCUT2D eigenvalue weighted by Crippen LogP contribution is 2.33. The summed E-state index contributed by atoms with van der Waals surface area (Å²) < 4.78 is 12.7. The van der Waals surface area contributed by atoms with Crippen LogP contribution < -0.4 is 14.4 Å². The molecule has 1 aromatic heterocycles. The molecule has 3 aromatic rings. The van der Waals surface area contributed by atoms with Crippen LogP contribution in [-0.4, -0.2) is 31.7 Å².